The Balaban J connectivity index is 0. The Kier molecular flexibility index (Phi) is 12.9. The van der Waals surface area contributed by atoms with Gasteiger partial charge in [0.2, 0.25) is 0 Å². The molecule has 1 aliphatic carbocycles. The lowest BCUT2D eigenvalue weighted by Gasteiger charge is -2.38. The van der Waals surface area contributed by atoms with Gasteiger partial charge in [-0.15, -0.1) is 0 Å². The van der Waals surface area contributed by atoms with E-state index in [0.717, 1.165) is 12.1 Å². The Morgan fingerprint density at radius 1 is 1.14 bits per heavy atom. The van der Waals surface area contributed by atoms with Gasteiger partial charge in [-0.25, -0.2) is 0 Å². The predicted molar refractivity (Wildman–Crippen MR) is 67.9 cm³/mol. The van der Waals surface area contributed by atoms with Gasteiger partial charge in [0.15, 0.2) is 0 Å². The van der Waals surface area contributed by atoms with E-state index in [-0.39, 0.29) is 0 Å². The summed E-state index contributed by atoms with van der Waals surface area (Å²) >= 11 is 0. The minimum absolute atomic E-state index is 0.783. The third-order valence-corrected chi connectivity index (χ3v) is 2.94. The summed E-state index contributed by atoms with van der Waals surface area (Å²) in [5.41, 5.74) is 0. The molecular formula is C13H31N. The molecule has 1 atom stereocenters. The van der Waals surface area contributed by atoms with Crippen LogP contribution in [-0.2, 0) is 0 Å². The van der Waals surface area contributed by atoms with Crippen molar-refractivity contribution in [1.29, 1.82) is 0 Å². The molecular weight excluding hydrogens is 170 g/mol. The van der Waals surface area contributed by atoms with Crippen molar-refractivity contribution in [2.75, 3.05) is 7.05 Å². The molecule has 0 radical (unpaired) electrons. The lowest BCUT2D eigenvalue weighted by Crippen LogP contribution is -2.42. The molecule has 1 unspecified atom stereocenters. The fourth-order valence-electron chi connectivity index (χ4n) is 1.44. The molecule has 0 aliphatic heterocycles. The fraction of sp³-hybridized carbons (Fsp3) is 1.00. The van der Waals surface area contributed by atoms with Gasteiger partial charge >= 0.3 is 0 Å². The number of hydrogen-bond acceptors (Lipinski definition) is 1. The highest BCUT2D eigenvalue weighted by Gasteiger charge is 2.24. The second kappa shape index (κ2) is 11.0. The van der Waals surface area contributed by atoms with Gasteiger partial charge < -0.3 is 4.90 Å². The van der Waals surface area contributed by atoms with Crippen LogP contribution in [0.5, 0.6) is 0 Å². The van der Waals surface area contributed by atoms with E-state index >= 15 is 0 Å². The molecule has 88 valence electrons. The Bertz CT molecular complexity index is 92.7. The lowest BCUT2D eigenvalue weighted by atomic mass is 9.91. The van der Waals surface area contributed by atoms with Crippen molar-refractivity contribution in [3.63, 3.8) is 0 Å². The fourth-order valence-corrected chi connectivity index (χ4v) is 1.44. The summed E-state index contributed by atoms with van der Waals surface area (Å²) in [7, 11) is 2.26. The van der Waals surface area contributed by atoms with Crippen LogP contribution in [0.25, 0.3) is 0 Å². The standard InChI is InChI=1S/C9H19N.2C2H6/c1-4-8(2)10(3)9-6-5-7-9;2*1-2/h8-9H,4-7H2,1-3H3;2*1-2H3. The van der Waals surface area contributed by atoms with Crippen molar-refractivity contribution in [1.82, 2.24) is 4.90 Å². The van der Waals surface area contributed by atoms with Gasteiger partial charge in [-0.2, -0.15) is 0 Å². The average Bonchev–Trinajstić information content (AvgIpc) is 2.20. The Hall–Kier alpha value is -0.0400. The minimum atomic E-state index is 0.783. The number of nitrogens with zero attached hydrogens (tertiary/aromatic N) is 1. The second-order valence-electron chi connectivity index (χ2n) is 3.51. The van der Waals surface area contributed by atoms with E-state index in [1.807, 2.05) is 27.7 Å². The average molecular weight is 201 g/mol. The van der Waals surface area contributed by atoms with Crippen LogP contribution in [0.3, 0.4) is 0 Å². The first-order chi connectivity index (χ1) is 6.75. The van der Waals surface area contributed by atoms with Crippen molar-refractivity contribution < 1.29 is 0 Å². The summed E-state index contributed by atoms with van der Waals surface area (Å²) in [6.45, 7) is 12.6. The van der Waals surface area contributed by atoms with Crippen LogP contribution in [0, 0.1) is 0 Å². The van der Waals surface area contributed by atoms with Gasteiger partial charge in [-0.3, -0.25) is 0 Å². The number of rotatable bonds is 3. The Labute approximate surface area is 91.9 Å². The second-order valence-corrected chi connectivity index (χ2v) is 3.51. The molecule has 1 fully saturated rings. The van der Waals surface area contributed by atoms with E-state index in [2.05, 4.69) is 25.8 Å². The molecule has 1 aliphatic rings. The van der Waals surface area contributed by atoms with E-state index in [9.17, 15) is 0 Å². The molecule has 0 amide bonds. The van der Waals surface area contributed by atoms with Gasteiger partial charge in [0.05, 0.1) is 0 Å². The molecule has 1 heteroatoms. The third kappa shape index (κ3) is 5.64. The SMILES string of the molecule is CC.CC.CCC(C)N(C)C1CCC1. The van der Waals surface area contributed by atoms with Gasteiger partial charge in [0.1, 0.15) is 0 Å². The van der Waals surface area contributed by atoms with Crippen molar-refractivity contribution >= 4 is 0 Å². The van der Waals surface area contributed by atoms with Crippen molar-refractivity contribution in [3.05, 3.63) is 0 Å². The smallest absolute Gasteiger partial charge is 0.00950 e. The number of hydrogen-bond donors (Lipinski definition) is 0. The maximum atomic E-state index is 2.53. The summed E-state index contributed by atoms with van der Waals surface area (Å²) < 4.78 is 0. The third-order valence-electron chi connectivity index (χ3n) is 2.94. The highest BCUT2D eigenvalue weighted by atomic mass is 15.2. The molecule has 1 saturated carbocycles. The summed E-state index contributed by atoms with van der Waals surface area (Å²) in [5.74, 6) is 0. The van der Waals surface area contributed by atoms with Crippen LogP contribution in [0.15, 0.2) is 0 Å². The van der Waals surface area contributed by atoms with Crippen LogP contribution >= 0.6 is 0 Å². The van der Waals surface area contributed by atoms with E-state index in [0.29, 0.717) is 0 Å². The van der Waals surface area contributed by atoms with Crippen molar-refractivity contribution in [3.8, 4) is 0 Å². The molecule has 0 aromatic heterocycles. The molecule has 0 heterocycles. The van der Waals surface area contributed by atoms with Crippen molar-refractivity contribution in [2.45, 2.75) is 79.3 Å². The normalized spacial score (nSPS) is 17.1. The maximum absolute atomic E-state index is 2.53. The summed E-state index contributed by atoms with van der Waals surface area (Å²) in [6, 6.07) is 1.69. The largest absolute Gasteiger partial charge is 0.301 e. The highest BCUT2D eigenvalue weighted by Crippen LogP contribution is 2.25. The predicted octanol–water partition coefficient (Wildman–Crippen LogP) is 4.32. The molecule has 1 rings (SSSR count). The van der Waals surface area contributed by atoms with E-state index < -0.39 is 0 Å². The van der Waals surface area contributed by atoms with Gasteiger partial charge in [-0.1, -0.05) is 41.0 Å². The van der Waals surface area contributed by atoms with Gasteiger partial charge in [-0.05, 0) is 33.2 Å². The van der Waals surface area contributed by atoms with E-state index in [1.54, 1.807) is 0 Å². The molecule has 14 heavy (non-hydrogen) atoms. The van der Waals surface area contributed by atoms with Crippen LogP contribution in [0.2, 0.25) is 0 Å². The lowest BCUT2D eigenvalue weighted by molar-refractivity contribution is 0.116. The maximum Gasteiger partial charge on any atom is 0.00950 e. The van der Waals surface area contributed by atoms with Crippen LogP contribution in [0.1, 0.15) is 67.2 Å². The van der Waals surface area contributed by atoms with E-state index in [1.165, 1.54) is 25.7 Å². The van der Waals surface area contributed by atoms with Crippen LogP contribution in [-0.4, -0.2) is 24.0 Å². The highest BCUT2D eigenvalue weighted by molar-refractivity contribution is 4.80. The summed E-state index contributed by atoms with van der Waals surface area (Å²) in [4.78, 5) is 2.53. The first-order valence-corrected chi connectivity index (χ1v) is 6.47. The van der Waals surface area contributed by atoms with Gasteiger partial charge in [0.25, 0.3) is 0 Å². The topological polar surface area (TPSA) is 3.24 Å². The first-order valence-electron chi connectivity index (χ1n) is 6.47. The summed E-state index contributed by atoms with van der Waals surface area (Å²) in [5, 5.41) is 0. The van der Waals surface area contributed by atoms with E-state index in [4.69, 9.17) is 0 Å². The Morgan fingerprint density at radius 3 is 1.79 bits per heavy atom. The molecule has 0 saturated heterocycles. The van der Waals surface area contributed by atoms with Gasteiger partial charge in [0, 0.05) is 12.1 Å². The zero-order valence-electron chi connectivity index (χ0n) is 11.4. The molecule has 0 N–H and O–H groups in total. The summed E-state index contributed by atoms with van der Waals surface area (Å²) in [6.07, 6.45) is 5.60. The van der Waals surface area contributed by atoms with Crippen LogP contribution < -0.4 is 0 Å². The zero-order chi connectivity index (χ0) is 11.6. The monoisotopic (exact) mass is 201 g/mol. The molecule has 0 aromatic carbocycles. The zero-order valence-corrected chi connectivity index (χ0v) is 11.4. The van der Waals surface area contributed by atoms with Crippen LogP contribution in [0.4, 0.5) is 0 Å². The molecule has 0 aromatic rings. The Morgan fingerprint density at radius 2 is 1.57 bits per heavy atom. The quantitative estimate of drug-likeness (QED) is 0.657. The minimum Gasteiger partial charge on any atom is -0.301 e. The van der Waals surface area contributed by atoms with Crippen molar-refractivity contribution in [2.24, 2.45) is 0 Å². The first kappa shape index (κ1) is 16.4. The molecule has 0 bridgehead atoms. The molecule has 0 spiro atoms. The molecule has 1 nitrogen and oxygen atoms in total.